The highest BCUT2D eigenvalue weighted by molar-refractivity contribution is 7.87. The molecule has 1 N–H and O–H groups in total. The van der Waals surface area contributed by atoms with Crippen LogP contribution in [0.15, 0.2) is 46.2 Å². The van der Waals surface area contributed by atoms with Crippen LogP contribution >= 0.6 is 12.6 Å². The summed E-state index contributed by atoms with van der Waals surface area (Å²) in [5.74, 6) is -1.08. The Morgan fingerprint density at radius 1 is 0.857 bits per heavy atom. The van der Waals surface area contributed by atoms with Crippen LogP contribution in [-0.4, -0.2) is 24.5 Å². The molecule has 0 radical (unpaired) electrons. The molecule has 2 aromatic carbocycles. The van der Waals surface area contributed by atoms with E-state index in [4.69, 9.17) is 0 Å². The highest BCUT2D eigenvalue weighted by Gasteiger charge is 2.35. The maximum absolute atomic E-state index is 12.5. The lowest BCUT2D eigenvalue weighted by molar-refractivity contribution is 0.0976. The van der Waals surface area contributed by atoms with Crippen molar-refractivity contribution < 1.29 is 22.6 Å². The summed E-state index contributed by atoms with van der Waals surface area (Å²) in [5, 5.41) is 0. The smallest absolute Gasteiger partial charge is 0.289 e. The van der Waals surface area contributed by atoms with Crippen molar-refractivity contribution >= 4 is 34.3 Å². The van der Waals surface area contributed by atoms with E-state index < -0.39 is 26.6 Å². The van der Waals surface area contributed by atoms with Crippen LogP contribution in [0.1, 0.15) is 31.8 Å². The lowest BCUT2D eigenvalue weighted by Crippen LogP contribution is -2.24. The molecule has 21 heavy (non-hydrogen) atoms. The normalized spacial score (nSPS) is 13.8. The monoisotopic (exact) mass is 320 g/mol. The van der Waals surface area contributed by atoms with E-state index in [2.05, 4.69) is 12.6 Å². The van der Waals surface area contributed by atoms with E-state index in [1.807, 2.05) is 0 Å². The summed E-state index contributed by atoms with van der Waals surface area (Å²) in [6.45, 7) is 0. The Morgan fingerprint density at radius 3 is 2.00 bits per heavy atom. The molecule has 0 fully saturated rings. The van der Waals surface area contributed by atoms with Gasteiger partial charge in [-0.25, -0.2) is 0 Å². The molecule has 1 aliphatic rings. The summed E-state index contributed by atoms with van der Waals surface area (Å²) < 4.78 is 32.4. The molecule has 0 aliphatic heterocycles. The van der Waals surface area contributed by atoms with Crippen molar-refractivity contribution in [1.29, 1.82) is 0 Å². The van der Waals surface area contributed by atoms with Gasteiger partial charge in [-0.1, -0.05) is 24.3 Å². The van der Waals surface area contributed by atoms with E-state index in [0.717, 1.165) is 0 Å². The quantitative estimate of drug-likeness (QED) is 0.529. The standard InChI is InChI=1S/C14H8O5S2/c15-12-7-3-1-2-4-8(7)13(16)11-9(12)5-6-10(20)14(11)21(17,18)19/h1-6,20H,(H,17,18,19). The number of ketones is 2. The molecule has 0 heterocycles. The molecule has 1 aliphatic carbocycles. The first-order valence-corrected chi connectivity index (χ1v) is 7.73. The average Bonchev–Trinajstić information content (AvgIpc) is 2.43. The Bertz CT molecular complexity index is 913. The molecule has 106 valence electrons. The molecule has 0 saturated heterocycles. The van der Waals surface area contributed by atoms with Gasteiger partial charge in [0, 0.05) is 21.6 Å². The Hall–Kier alpha value is -1.96. The maximum atomic E-state index is 12.5. The molecule has 5 nitrogen and oxygen atoms in total. The molecule has 0 atom stereocenters. The van der Waals surface area contributed by atoms with Gasteiger partial charge in [0.15, 0.2) is 11.6 Å². The van der Waals surface area contributed by atoms with E-state index in [9.17, 15) is 22.6 Å². The van der Waals surface area contributed by atoms with Crippen LogP contribution in [0.2, 0.25) is 0 Å². The molecule has 0 saturated carbocycles. The molecule has 0 bridgehead atoms. The molecule has 7 heteroatoms. The molecular weight excluding hydrogens is 312 g/mol. The van der Waals surface area contributed by atoms with E-state index in [-0.39, 0.29) is 27.1 Å². The van der Waals surface area contributed by atoms with Gasteiger partial charge >= 0.3 is 0 Å². The van der Waals surface area contributed by atoms with Crippen molar-refractivity contribution in [3.8, 4) is 0 Å². The Kier molecular flexibility index (Phi) is 3.01. The summed E-state index contributed by atoms with van der Waals surface area (Å²) in [5.41, 5.74) is -0.0557. The van der Waals surface area contributed by atoms with Crippen LogP contribution < -0.4 is 0 Å². The second kappa shape index (κ2) is 4.52. The highest BCUT2D eigenvalue weighted by Crippen LogP contribution is 2.34. The van der Waals surface area contributed by atoms with Gasteiger partial charge in [0.05, 0.1) is 5.56 Å². The number of thiol groups is 1. The molecule has 0 unspecified atom stereocenters. The fourth-order valence-electron chi connectivity index (χ4n) is 2.41. The van der Waals surface area contributed by atoms with Gasteiger partial charge in [-0.3, -0.25) is 14.1 Å². The fraction of sp³-hybridized carbons (Fsp3) is 0. The molecule has 3 rings (SSSR count). The Morgan fingerprint density at radius 2 is 1.43 bits per heavy atom. The third-order valence-electron chi connectivity index (χ3n) is 3.28. The minimum Gasteiger partial charge on any atom is -0.289 e. The number of fused-ring (bicyclic) bond motifs is 2. The summed E-state index contributed by atoms with van der Waals surface area (Å²) in [6, 6.07) is 8.74. The zero-order valence-electron chi connectivity index (χ0n) is 10.4. The average molecular weight is 320 g/mol. The lowest BCUT2D eigenvalue weighted by Gasteiger charge is -2.19. The number of carbonyl (C=O) groups is 2. The number of benzene rings is 2. The van der Waals surface area contributed by atoms with Crippen LogP contribution in [0.5, 0.6) is 0 Å². The maximum Gasteiger partial charge on any atom is 0.296 e. The highest BCUT2D eigenvalue weighted by atomic mass is 32.2. The van der Waals surface area contributed by atoms with Gasteiger partial charge in [-0.15, -0.1) is 12.6 Å². The summed E-state index contributed by atoms with van der Waals surface area (Å²) in [6.07, 6.45) is 0. The van der Waals surface area contributed by atoms with Gasteiger partial charge < -0.3 is 0 Å². The first-order chi connectivity index (χ1) is 9.82. The topological polar surface area (TPSA) is 88.5 Å². The van der Waals surface area contributed by atoms with Gasteiger partial charge in [0.25, 0.3) is 10.1 Å². The Labute approximate surface area is 125 Å². The third-order valence-corrected chi connectivity index (χ3v) is 4.75. The molecule has 0 amide bonds. The van der Waals surface area contributed by atoms with Crippen molar-refractivity contribution in [2.75, 3.05) is 0 Å². The minimum atomic E-state index is -4.68. The number of rotatable bonds is 1. The van der Waals surface area contributed by atoms with Gasteiger partial charge in [-0.05, 0) is 12.1 Å². The predicted molar refractivity (Wildman–Crippen MR) is 76.8 cm³/mol. The van der Waals surface area contributed by atoms with Crippen molar-refractivity contribution in [3.05, 3.63) is 58.7 Å². The Balaban J connectivity index is 2.45. The zero-order chi connectivity index (χ0) is 15.4. The SMILES string of the molecule is O=C1c2ccccc2C(=O)c2c1ccc(S)c2S(=O)(=O)O. The number of hydrogen-bond acceptors (Lipinski definition) is 5. The first-order valence-electron chi connectivity index (χ1n) is 5.84. The van der Waals surface area contributed by atoms with Crippen molar-refractivity contribution in [1.82, 2.24) is 0 Å². The van der Waals surface area contributed by atoms with E-state index in [0.29, 0.717) is 0 Å². The fourth-order valence-corrected chi connectivity index (χ4v) is 3.73. The second-order valence-corrected chi connectivity index (χ2v) is 6.36. The first kappa shape index (κ1) is 14.0. The van der Waals surface area contributed by atoms with Crippen molar-refractivity contribution in [2.24, 2.45) is 0 Å². The van der Waals surface area contributed by atoms with Gasteiger partial charge in [0.2, 0.25) is 0 Å². The third kappa shape index (κ3) is 2.01. The lowest BCUT2D eigenvalue weighted by atomic mass is 9.84. The molecule has 2 aromatic rings. The van der Waals surface area contributed by atoms with Crippen molar-refractivity contribution in [2.45, 2.75) is 9.79 Å². The van der Waals surface area contributed by atoms with Gasteiger partial charge in [0.1, 0.15) is 4.90 Å². The predicted octanol–water partition coefficient (Wildman–Crippen LogP) is 2.00. The minimum absolute atomic E-state index is 0.0517. The number of carbonyl (C=O) groups excluding carboxylic acids is 2. The molecule has 0 aromatic heterocycles. The number of hydrogen-bond donors (Lipinski definition) is 2. The largest absolute Gasteiger partial charge is 0.296 e. The van der Waals surface area contributed by atoms with Crippen LogP contribution in [0.3, 0.4) is 0 Å². The van der Waals surface area contributed by atoms with Crippen molar-refractivity contribution in [3.63, 3.8) is 0 Å². The summed E-state index contributed by atoms with van der Waals surface area (Å²) in [4.78, 5) is 24.2. The zero-order valence-corrected chi connectivity index (χ0v) is 12.1. The van der Waals surface area contributed by atoms with Crippen LogP contribution in [0, 0.1) is 0 Å². The van der Waals surface area contributed by atoms with Crippen LogP contribution in [0.4, 0.5) is 0 Å². The van der Waals surface area contributed by atoms with Crippen LogP contribution in [-0.2, 0) is 10.1 Å². The van der Waals surface area contributed by atoms with E-state index in [1.54, 1.807) is 12.1 Å². The molecule has 0 spiro atoms. The van der Waals surface area contributed by atoms with E-state index in [1.165, 1.54) is 24.3 Å². The van der Waals surface area contributed by atoms with E-state index >= 15 is 0 Å². The summed E-state index contributed by atoms with van der Waals surface area (Å²) >= 11 is 3.96. The van der Waals surface area contributed by atoms with Crippen LogP contribution in [0.25, 0.3) is 0 Å². The molecular formula is C14H8O5S2. The van der Waals surface area contributed by atoms with Gasteiger partial charge in [-0.2, -0.15) is 8.42 Å². The second-order valence-electron chi connectivity index (χ2n) is 4.52. The summed E-state index contributed by atoms with van der Waals surface area (Å²) in [7, 11) is -4.68.